The van der Waals surface area contributed by atoms with Crippen molar-refractivity contribution in [1.82, 2.24) is 0 Å². The first-order valence-electron chi connectivity index (χ1n) is 3.93. The first kappa shape index (κ1) is 12.1. The monoisotopic (exact) mass is 141 g/mol. The summed E-state index contributed by atoms with van der Waals surface area (Å²) in [7, 11) is 0. The van der Waals surface area contributed by atoms with Crippen LogP contribution in [0.25, 0.3) is 0 Å². The molecule has 10 heavy (non-hydrogen) atoms. The summed E-state index contributed by atoms with van der Waals surface area (Å²) in [5.41, 5.74) is 1.83. The summed E-state index contributed by atoms with van der Waals surface area (Å²) in [5.74, 6) is 0. The summed E-state index contributed by atoms with van der Waals surface area (Å²) >= 11 is 0. The maximum absolute atomic E-state index is 7.18. The average molecular weight is 141 g/mol. The molecule has 0 bridgehead atoms. The molecule has 1 N–H and O–H groups in total. The lowest BCUT2D eigenvalue weighted by molar-refractivity contribution is 1.15. The zero-order valence-corrected chi connectivity index (χ0v) is 7.78. The van der Waals surface area contributed by atoms with Crippen LogP contribution in [0.1, 0.15) is 41.0 Å². The zero-order valence-electron chi connectivity index (χ0n) is 7.78. The van der Waals surface area contributed by atoms with Crippen LogP contribution in [0, 0.1) is 5.41 Å². The van der Waals surface area contributed by atoms with Gasteiger partial charge in [0.25, 0.3) is 0 Å². The Bertz CT molecular complexity index is 112. The molecule has 0 aromatic rings. The second kappa shape index (κ2) is 8.41. The molecule has 0 aliphatic rings. The normalized spacial score (nSPS) is 9.90. The lowest BCUT2D eigenvalue weighted by Gasteiger charge is -1.96. The average Bonchev–Trinajstić information content (AvgIpc) is 1.94. The van der Waals surface area contributed by atoms with E-state index in [0.29, 0.717) is 5.71 Å². The molecule has 0 aliphatic heterocycles. The zero-order chi connectivity index (χ0) is 8.57. The molecular formula is C9H19N. The molecule has 1 nitrogen and oxygen atoms in total. The molecule has 0 saturated heterocycles. The molecule has 60 valence electrons. The van der Waals surface area contributed by atoms with Crippen LogP contribution in [0.5, 0.6) is 0 Å². The minimum atomic E-state index is 0.690. The number of rotatable bonds is 2. The lowest BCUT2D eigenvalue weighted by atomic mass is 10.1. The van der Waals surface area contributed by atoms with E-state index in [4.69, 9.17) is 5.41 Å². The summed E-state index contributed by atoms with van der Waals surface area (Å²) in [6.07, 6.45) is 2.97. The van der Waals surface area contributed by atoms with E-state index < -0.39 is 0 Å². The minimum absolute atomic E-state index is 0.690. The number of allylic oxidation sites excluding steroid dienone is 2. The maximum atomic E-state index is 7.18. The van der Waals surface area contributed by atoms with Gasteiger partial charge >= 0.3 is 0 Å². The fourth-order valence-electron chi connectivity index (χ4n) is 0.686. The van der Waals surface area contributed by atoms with Gasteiger partial charge < -0.3 is 5.41 Å². The fourth-order valence-corrected chi connectivity index (χ4v) is 0.686. The van der Waals surface area contributed by atoms with Gasteiger partial charge in [0.15, 0.2) is 0 Å². The Hall–Kier alpha value is -0.590. The van der Waals surface area contributed by atoms with Crippen molar-refractivity contribution in [2.75, 3.05) is 0 Å². The third-order valence-electron chi connectivity index (χ3n) is 1.21. The fraction of sp³-hybridized carbons (Fsp3) is 0.667. The highest BCUT2D eigenvalue weighted by atomic mass is 14.4. The molecule has 0 radical (unpaired) electrons. The highest BCUT2D eigenvalue weighted by molar-refractivity contribution is 5.95. The summed E-state index contributed by atoms with van der Waals surface area (Å²) in [5, 5.41) is 7.18. The Kier molecular flexibility index (Phi) is 10.2. The molecule has 0 rings (SSSR count). The molecule has 0 aromatic carbocycles. The van der Waals surface area contributed by atoms with Crippen LogP contribution >= 0.6 is 0 Å². The highest BCUT2D eigenvalue weighted by Gasteiger charge is 1.90. The molecule has 0 atom stereocenters. The lowest BCUT2D eigenvalue weighted by Crippen LogP contribution is -1.91. The van der Waals surface area contributed by atoms with Gasteiger partial charge in [-0.1, -0.05) is 26.8 Å². The highest BCUT2D eigenvalue weighted by Crippen LogP contribution is 1.99. The van der Waals surface area contributed by atoms with Crippen LogP contribution in [0.2, 0.25) is 0 Å². The van der Waals surface area contributed by atoms with E-state index in [1.807, 2.05) is 33.8 Å². The largest absolute Gasteiger partial charge is 0.305 e. The molecule has 0 spiro atoms. The van der Waals surface area contributed by atoms with Gasteiger partial charge in [0.2, 0.25) is 0 Å². The third kappa shape index (κ3) is 5.54. The maximum Gasteiger partial charge on any atom is 0.0311 e. The van der Waals surface area contributed by atoms with Gasteiger partial charge in [0.05, 0.1) is 0 Å². The molecule has 0 amide bonds. The minimum Gasteiger partial charge on any atom is -0.305 e. The predicted octanol–water partition coefficient (Wildman–Crippen LogP) is 3.41. The van der Waals surface area contributed by atoms with Crippen molar-refractivity contribution >= 4 is 5.71 Å². The molecule has 0 aromatic heterocycles. The van der Waals surface area contributed by atoms with E-state index >= 15 is 0 Å². The smallest absolute Gasteiger partial charge is 0.0311 e. The number of nitrogens with one attached hydrogen (secondary N) is 1. The first-order valence-corrected chi connectivity index (χ1v) is 3.93. The quantitative estimate of drug-likeness (QED) is 0.570. The van der Waals surface area contributed by atoms with Gasteiger partial charge in [0, 0.05) is 5.71 Å². The van der Waals surface area contributed by atoms with Crippen molar-refractivity contribution in [1.29, 1.82) is 5.41 Å². The van der Waals surface area contributed by atoms with E-state index in [9.17, 15) is 0 Å². The van der Waals surface area contributed by atoms with E-state index in [2.05, 4.69) is 6.92 Å². The van der Waals surface area contributed by atoms with Gasteiger partial charge in [-0.3, -0.25) is 0 Å². The van der Waals surface area contributed by atoms with Crippen LogP contribution < -0.4 is 0 Å². The Labute approximate surface area is 64.7 Å². The predicted molar refractivity (Wildman–Crippen MR) is 48.8 cm³/mol. The van der Waals surface area contributed by atoms with Crippen LogP contribution in [0.4, 0.5) is 0 Å². The number of hydrogen-bond acceptors (Lipinski definition) is 1. The molecule has 0 heterocycles. The van der Waals surface area contributed by atoms with Gasteiger partial charge in [-0.25, -0.2) is 0 Å². The van der Waals surface area contributed by atoms with Crippen molar-refractivity contribution in [2.45, 2.75) is 41.0 Å². The standard InChI is InChI=1S/C7H13N.C2H6/c1-4-7(5-2)6(3)8;1-2/h4,8H,5H2,1-3H3;1-2H3/b7-4-,8-6?;. The van der Waals surface area contributed by atoms with E-state index in [-0.39, 0.29) is 0 Å². The van der Waals surface area contributed by atoms with Gasteiger partial charge in [-0.15, -0.1) is 0 Å². The van der Waals surface area contributed by atoms with E-state index in [1.165, 1.54) is 0 Å². The molecule has 0 fully saturated rings. The van der Waals surface area contributed by atoms with Crippen LogP contribution in [0.15, 0.2) is 11.6 Å². The summed E-state index contributed by atoms with van der Waals surface area (Å²) in [4.78, 5) is 0. The second-order valence-electron chi connectivity index (χ2n) is 1.79. The molecule has 0 aliphatic carbocycles. The van der Waals surface area contributed by atoms with Gasteiger partial charge in [-0.05, 0) is 25.8 Å². The SMILES string of the molecule is C/C=C(/CC)C(C)=N.CC. The van der Waals surface area contributed by atoms with Crippen LogP contribution in [-0.4, -0.2) is 5.71 Å². The Morgan fingerprint density at radius 1 is 1.40 bits per heavy atom. The van der Waals surface area contributed by atoms with Crippen molar-refractivity contribution in [3.8, 4) is 0 Å². The molecular weight excluding hydrogens is 122 g/mol. The number of hydrogen-bond donors (Lipinski definition) is 1. The van der Waals surface area contributed by atoms with Crippen molar-refractivity contribution in [2.24, 2.45) is 0 Å². The Balaban J connectivity index is 0. The third-order valence-corrected chi connectivity index (χ3v) is 1.21. The second-order valence-corrected chi connectivity index (χ2v) is 1.79. The van der Waals surface area contributed by atoms with Gasteiger partial charge in [-0.2, -0.15) is 0 Å². The van der Waals surface area contributed by atoms with E-state index in [1.54, 1.807) is 0 Å². The molecule has 0 saturated carbocycles. The Morgan fingerprint density at radius 3 is 1.80 bits per heavy atom. The van der Waals surface area contributed by atoms with Crippen molar-refractivity contribution in [3.63, 3.8) is 0 Å². The van der Waals surface area contributed by atoms with Crippen LogP contribution in [0.3, 0.4) is 0 Å². The van der Waals surface area contributed by atoms with Crippen LogP contribution in [-0.2, 0) is 0 Å². The summed E-state index contributed by atoms with van der Waals surface area (Å²) in [6.45, 7) is 9.85. The molecule has 0 unspecified atom stereocenters. The summed E-state index contributed by atoms with van der Waals surface area (Å²) in [6, 6.07) is 0. The topological polar surface area (TPSA) is 23.9 Å². The Morgan fingerprint density at radius 2 is 1.80 bits per heavy atom. The van der Waals surface area contributed by atoms with Crippen molar-refractivity contribution < 1.29 is 0 Å². The van der Waals surface area contributed by atoms with Crippen molar-refractivity contribution in [3.05, 3.63) is 11.6 Å². The first-order chi connectivity index (χ1) is 4.72. The van der Waals surface area contributed by atoms with Gasteiger partial charge in [0.1, 0.15) is 0 Å². The van der Waals surface area contributed by atoms with E-state index in [0.717, 1.165) is 12.0 Å². The summed E-state index contributed by atoms with van der Waals surface area (Å²) < 4.78 is 0. The molecule has 1 heteroatoms.